The van der Waals surface area contributed by atoms with Crippen LogP contribution < -0.4 is 10.6 Å². The lowest BCUT2D eigenvalue weighted by atomic mass is 10.2. The number of hydrogen-bond donors (Lipinski definition) is 2. The van der Waals surface area contributed by atoms with Crippen LogP contribution in [-0.4, -0.2) is 60.9 Å². The number of anilines is 1. The van der Waals surface area contributed by atoms with Gasteiger partial charge in [-0.1, -0.05) is 5.10 Å². The summed E-state index contributed by atoms with van der Waals surface area (Å²) in [5.41, 5.74) is 0. The molecule has 0 saturated carbocycles. The van der Waals surface area contributed by atoms with Gasteiger partial charge in [0.05, 0.1) is 13.2 Å². The zero-order chi connectivity index (χ0) is 13.7. The first kappa shape index (κ1) is 13.8. The van der Waals surface area contributed by atoms with Gasteiger partial charge < -0.3 is 24.7 Å². The number of ether oxygens (including phenoxy) is 1. The fraction of sp³-hybridized carbons (Fsp3) is 0.727. The molecule has 8 heteroatoms. The maximum atomic E-state index is 11.7. The van der Waals surface area contributed by atoms with Crippen molar-refractivity contribution in [3.63, 3.8) is 0 Å². The van der Waals surface area contributed by atoms with Crippen molar-refractivity contribution in [2.75, 3.05) is 39.2 Å². The van der Waals surface area contributed by atoms with Crippen LogP contribution in [0.3, 0.4) is 0 Å². The molecule has 0 aliphatic carbocycles. The third-order valence-corrected chi connectivity index (χ3v) is 2.95. The molecule has 1 aliphatic rings. The fourth-order valence-corrected chi connectivity index (χ4v) is 1.86. The Hall–Kier alpha value is -1.67. The van der Waals surface area contributed by atoms with Crippen molar-refractivity contribution in [2.24, 2.45) is 0 Å². The lowest BCUT2D eigenvalue weighted by molar-refractivity contribution is -0.127. The van der Waals surface area contributed by atoms with Crippen molar-refractivity contribution in [3.8, 4) is 0 Å². The van der Waals surface area contributed by atoms with Crippen molar-refractivity contribution in [1.82, 2.24) is 20.4 Å². The zero-order valence-corrected chi connectivity index (χ0v) is 11.2. The standard InChI is InChI=1S/C11H19N5O3/c1-16-5-3-8(10(16)17)13-11-15-14-9(19-11)7-12-4-6-18-2/h8,12H,3-7H2,1-2H3,(H,13,15). The molecule has 1 unspecified atom stereocenters. The summed E-state index contributed by atoms with van der Waals surface area (Å²) < 4.78 is 10.3. The Labute approximate surface area is 111 Å². The highest BCUT2D eigenvalue weighted by Crippen LogP contribution is 2.14. The number of aromatic nitrogens is 2. The maximum Gasteiger partial charge on any atom is 0.316 e. The fourth-order valence-electron chi connectivity index (χ4n) is 1.86. The van der Waals surface area contributed by atoms with Crippen molar-refractivity contribution in [2.45, 2.75) is 19.0 Å². The van der Waals surface area contributed by atoms with Crippen LogP contribution in [0.1, 0.15) is 12.3 Å². The van der Waals surface area contributed by atoms with Gasteiger partial charge in [0.2, 0.25) is 11.8 Å². The minimum absolute atomic E-state index is 0.0537. The Bertz CT molecular complexity index is 422. The van der Waals surface area contributed by atoms with E-state index in [9.17, 15) is 4.79 Å². The summed E-state index contributed by atoms with van der Waals surface area (Å²) in [5, 5.41) is 13.8. The van der Waals surface area contributed by atoms with Crippen LogP contribution >= 0.6 is 0 Å². The number of carbonyl (C=O) groups excluding carboxylic acids is 1. The van der Waals surface area contributed by atoms with Gasteiger partial charge in [-0.2, -0.15) is 0 Å². The summed E-state index contributed by atoms with van der Waals surface area (Å²) in [4.78, 5) is 13.4. The second kappa shape index (κ2) is 6.48. The molecule has 8 nitrogen and oxygen atoms in total. The van der Waals surface area contributed by atoms with Gasteiger partial charge in [0.1, 0.15) is 6.04 Å². The Morgan fingerprint density at radius 3 is 3.05 bits per heavy atom. The van der Waals surface area contributed by atoms with Crippen molar-refractivity contribution >= 4 is 11.9 Å². The molecule has 2 rings (SSSR count). The Kier molecular flexibility index (Phi) is 4.69. The first-order valence-electron chi connectivity index (χ1n) is 6.24. The summed E-state index contributed by atoms with van der Waals surface area (Å²) in [6, 6.07) is 0.0249. The van der Waals surface area contributed by atoms with E-state index in [4.69, 9.17) is 9.15 Å². The second-order valence-electron chi connectivity index (χ2n) is 4.42. The van der Waals surface area contributed by atoms with Crippen LogP contribution in [0.25, 0.3) is 0 Å². The van der Waals surface area contributed by atoms with Gasteiger partial charge in [-0.3, -0.25) is 4.79 Å². The summed E-state index contributed by atoms with van der Waals surface area (Å²) >= 11 is 0. The summed E-state index contributed by atoms with van der Waals surface area (Å²) in [5.74, 6) is 0.537. The van der Waals surface area contributed by atoms with Crippen LogP contribution in [-0.2, 0) is 16.1 Å². The third kappa shape index (κ3) is 3.65. The van der Waals surface area contributed by atoms with Crippen LogP contribution in [0.5, 0.6) is 0 Å². The molecule has 19 heavy (non-hydrogen) atoms. The molecule has 1 saturated heterocycles. The number of amides is 1. The molecule has 1 amide bonds. The first-order chi connectivity index (χ1) is 9.20. The average molecular weight is 269 g/mol. The average Bonchev–Trinajstić information content (AvgIpc) is 2.97. The molecule has 1 aliphatic heterocycles. The summed E-state index contributed by atoms with van der Waals surface area (Å²) in [7, 11) is 3.43. The molecule has 2 heterocycles. The van der Waals surface area contributed by atoms with Gasteiger partial charge in [0.25, 0.3) is 0 Å². The van der Waals surface area contributed by atoms with E-state index < -0.39 is 0 Å². The quantitative estimate of drug-likeness (QED) is 0.641. The van der Waals surface area contributed by atoms with Gasteiger partial charge in [0, 0.05) is 27.2 Å². The molecule has 0 spiro atoms. The van der Waals surface area contributed by atoms with E-state index in [1.165, 1.54) is 0 Å². The van der Waals surface area contributed by atoms with Crippen LogP contribution in [0.2, 0.25) is 0 Å². The summed E-state index contributed by atoms with van der Waals surface area (Å²) in [6.45, 7) is 2.57. The van der Waals surface area contributed by atoms with Gasteiger partial charge in [-0.05, 0) is 6.42 Å². The smallest absolute Gasteiger partial charge is 0.316 e. The molecule has 1 aromatic heterocycles. The van der Waals surface area contributed by atoms with Gasteiger partial charge in [-0.25, -0.2) is 0 Å². The molecule has 2 N–H and O–H groups in total. The largest absolute Gasteiger partial charge is 0.407 e. The number of carbonyl (C=O) groups is 1. The topological polar surface area (TPSA) is 92.5 Å². The number of nitrogens with one attached hydrogen (secondary N) is 2. The molecule has 1 atom stereocenters. The molecular formula is C11H19N5O3. The number of rotatable bonds is 7. The van der Waals surface area contributed by atoms with E-state index in [0.717, 1.165) is 13.0 Å². The first-order valence-corrected chi connectivity index (χ1v) is 6.24. The molecule has 1 aromatic rings. The predicted molar refractivity (Wildman–Crippen MR) is 67.5 cm³/mol. The maximum absolute atomic E-state index is 11.7. The lowest BCUT2D eigenvalue weighted by Gasteiger charge is -2.09. The van der Waals surface area contributed by atoms with E-state index in [1.807, 2.05) is 0 Å². The van der Waals surface area contributed by atoms with Crippen molar-refractivity contribution < 1.29 is 13.9 Å². The number of likely N-dealkylation sites (tertiary alicyclic amines) is 1. The Morgan fingerprint density at radius 2 is 2.37 bits per heavy atom. The molecule has 1 fully saturated rings. The molecule has 0 aromatic carbocycles. The summed E-state index contributed by atoms with van der Waals surface area (Å²) in [6.07, 6.45) is 0.749. The number of nitrogens with zero attached hydrogens (tertiary/aromatic N) is 3. The zero-order valence-electron chi connectivity index (χ0n) is 11.2. The Balaban J connectivity index is 1.79. The van der Waals surface area contributed by atoms with Crippen LogP contribution in [0, 0.1) is 0 Å². The predicted octanol–water partition coefficient (Wildman–Crippen LogP) is -0.552. The number of hydrogen-bond acceptors (Lipinski definition) is 7. The van der Waals surface area contributed by atoms with E-state index in [-0.39, 0.29) is 18.0 Å². The van der Waals surface area contributed by atoms with E-state index in [2.05, 4.69) is 20.8 Å². The van der Waals surface area contributed by atoms with Crippen LogP contribution in [0.4, 0.5) is 6.01 Å². The Morgan fingerprint density at radius 1 is 1.53 bits per heavy atom. The second-order valence-corrected chi connectivity index (χ2v) is 4.42. The van der Waals surface area contributed by atoms with Gasteiger partial charge >= 0.3 is 6.01 Å². The van der Waals surface area contributed by atoms with Crippen molar-refractivity contribution in [3.05, 3.63) is 5.89 Å². The highest BCUT2D eigenvalue weighted by atomic mass is 16.5. The number of methoxy groups -OCH3 is 1. The van der Waals surface area contributed by atoms with Crippen molar-refractivity contribution in [1.29, 1.82) is 0 Å². The van der Waals surface area contributed by atoms with Crippen LogP contribution in [0.15, 0.2) is 4.42 Å². The van der Waals surface area contributed by atoms with Gasteiger partial charge in [0.15, 0.2) is 0 Å². The molecule has 106 valence electrons. The number of likely N-dealkylation sites (N-methyl/N-ethyl adjacent to an activating group) is 1. The minimum atomic E-state index is -0.264. The lowest BCUT2D eigenvalue weighted by Crippen LogP contribution is -2.31. The SMILES string of the molecule is COCCNCc1nnc(NC2CCN(C)C2=O)o1. The van der Waals surface area contributed by atoms with Gasteiger partial charge in [-0.15, -0.1) is 5.10 Å². The molecule has 0 radical (unpaired) electrons. The third-order valence-electron chi connectivity index (χ3n) is 2.95. The highest BCUT2D eigenvalue weighted by Gasteiger charge is 2.30. The minimum Gasteiger partial charge on any atom is -0.407 e. The van der Waals surface area contributed by atoms with E-state index >= 15 is 0 Å². The molecule has 0 bridgehead atoms. The van der Waals surface area contributed by atoms with E-state index in [1.54, 1.807) is 19.1 Å². The molecular weight excluding hydrogens is 250 g/mol. The monoisotopic (exact) mass is 269 g/mol. The van der Waals surface area contributed by atoms with E-state index in [0.29, 0.717) is 25.6 Å². The highest BCUT2D eigenvalue weighted by molar-refractivity contribution is 5.85. The normalized spacial score (nSPS) is 19.2.